The summed E-state index contributed by atoms with van der Waals surface area (Å²) in [7, 11) is 0. The van der Waals surface area contributed by atoms with Crippen LogP contribution < -0.4 is 4.90 Å². The molecule has 0 aliphatic heterocycles. The molecule has 0 radical (unpaired) electrons. The zero-order chi connectivity index (χ0) is 13.5. The summed E-state index contributed by atoms with van der Waals surface area (Å²) in [5.41, 5.74) is 2.05. The number of aromatic nitrogens is 1. The Morgan fingerprint density at radius 2 is 1.95 bits per heavy atom. The first-order chi connectivity index (χ1) is 9.31. The van der Waals surface area contributed by atoms with Crippen molar-refractivity contribution in [3.05, 3.63) is 59.4 Å². The van der Waals surface area contributed by atoms with Crippen LogP contribution in [0.1, 0.15) is 12.0 Å². The third kappa shape index (κ3) is 3.70. The van der Waals surface area contributed by atoms with Crippen LogP contribution in [-0.4, -0.2) is 11.5 Å². The first-order valence-electron chi connectivity index (χ1n) is 6.07. The average molecular weight is 272 g/mol. The Balaban J connectivity index is 2.20. The predicted octanol–water partition coefficient (Wildman–Crippen LogP) is 3.66. The molecule has 0 aliphatic rings. The van der Waals surface area contributed by atoms with E-state index in [0.29, 0.717) is 24.7 Å². The number of halogens is 1. The number of pyridine rings is 1. The smallest absolute Gasteiger partial charge is 0.133 e. The summed E-state index contributed by atoms with van der Waals surface area (Å²) in [4.78, 5) is 6.21. The van der Waals surface area contributed by atoms with Crippen molar-refractivity contribution >= 4 is 17.3 Å². The van der Waals surface area contributed by atoms with E-state index in [-0.39, 0.29) is 0 Å². The maximum Gasteiger partial charge on any atom is 0.133 e. The van der Waals surface area contributed by atoms with Gasteiger partial charge in [-0.15, -0.1) is 0 Å². The Morgan fingerprint density at radius 3 is 2.63 bits per heavy atom. The van der Waals surface area contributed by atoms with Crippen molar-refractivity contribution < 1.29 is 0 Å². The highest BCUT2D eigenvalue weighted by molar-refractivity contribution is 6.30. The molecule has 1 aromatic carbocycles. The Morgan fingerprint density at radius 1 is 1.16 bits per heavy atom. The highest BCUT2D eigenvalue weighted by atomic mass is 35.5. The number of nitriles is 1. The van der Waals surface area contributed by atoms with Gasteiger partial charge in [-0.25, -0.2) is 4.98 Å². The highest BCUT2D eigenvalue weighted by Crippen LogP contribution is 2.20. The van der Waals surface area contributed by atoms with Crippen LogP contribution in [0.2, 0.25) is 5.15 Å². The molecule has 0 spiro atoms. The van der Waals surface area contributed by atoms with Crippen LogP contribution in [0.4, 0.5) is 5.69 Å². The number of hydrogen-bond acceptors (Lipinski definition) is 3. The summed E-state index contributed by atoms with van der Waals surface area (Å²) in [6.07, 6.45) is 2.15. The van der Waals surface area contributed by atoms with E-state index >= 15 is 0 Å². The second-order valence-electron chi connectivity index (χ2n) is 4.12. The number of benzene rings is 1. The Labute approximate surface area is 118 Å². The third-order valence-corrected chi connectivity index (χ3v) is 3.15. The zero-order valence-electron chi connectivity index (χ0n) is 10.5. The van der Waals surface area contributed by atoms with E-state index in [1.807, 2.05) is 42.5 Å². The maximum atomic E-state index is 8.77. The fourth-order valence-electron chi connectivity index (χ4n) is 1.87. The van der Waals surface area contributed by atoms with Crippen LogP contribution in [-0.2, 0) is 6.54 Å². The molecule has 0 amide bonds. The third-order valence-electron chi connectivity index (χ3n) is 2.81. The van der Waals surface area contributed by atoms with Gasteiger partial charge in [-0.05, 0) is 18.2 Å². The molecule has 0 N–H and O–H groups in total. The van der Waals surface area contributed by atoms with Crippen LogP contribution in [0.15, 0.2) is 48.7 Å². The molecule has 96 valence electrons. The van der Waals surface area contributed by atoms with Crippen molar-refractivity contribution in [2.75, 3.05) is 11.4 Å². The van der Waals surface area contributed by atoms with Crippen molar-refractivity contribution in [3.8, 4) is 6.07 Å². The summed E-state index contributed by atoms with van der Waals surface area (Å²) in [5, 5.41) is 9.28. The molecule has 0 bridgehead atoms. The topological polar surface area (TPSA) is 39.9 Å². The van der Waals surface area contributed by atoms with Gasteiger partial charge in [0.15, 0.2) is 0 Å². The lowest BCUT2D eigenvalue weighted by atomic mass is 10.2. The minimum absolute atomic E-state index is 0.479. The molecule has 0 saturated carbocycles. The number of rotatable bonds is 5. The number of nitrogens with zero attached hydrogens (tertiary/aromatic N) is 3. The van der Waals surface area contributed by atoms with Crippen molar-refractivity contribution in [1.82, 2.24) is 4.98 Å². The Hall–Kier alpha value is -2.05. The Kier molecular flexibility index (Phi) is 4.77. The largest absolute Gasteiger partial charge is 0.366 e. The summed E-state index contributed by atoms with van der Waals surface area (Å²) in [6, 6.07) is 16.0. The molecule has 0 unspecified atom stereocenters. The van der Waals surface area contributed by atoms with E-state index in [2.05, 4.69) is 16.0 Å². The summed E-state index contributed by atoms with van der Waals surface area (Å²) in [5.74, 6) is 0. The van der Waals surface area contributed by atoms with Gasteiger partial charge >= 0.3 is 0 Å². The van der Waals surface area contributed by atoms with Gasteiger partial charge in [0.25, 0.3) is 0 Å². The summed E-state index contributed by atoms with van der Waals surface area (Å²) in [6.45, 7) is 1.32. The molecule has 0 aliphatic carbocycles. The van der Waals surface area contributed by atoms with Crippen molar-refractivity contribution in [1.29, 1.82) is 5.26 Å². The Bertz CT molecular complexity index is 563. The number of hydrogen-bond donors (Lipinski definition) is 0. The second kappa shape index (κ2) is 6.77. The SMILES string of the molecule is N#CCCN(Cc1cccnc1Cl)c1ccccc1. The monoisotopic (exact) mass is 271 g/mol. The second-order valence-corrected chi connectivity index (χ2v) is 4.48. The molecule has 0 fully saturated rings. The summed E-state index contributed by atoms with van der Waals surface area (Å²) < 4.78 is 0. The first kappa shape index (κ1) is 13.4. The van der Waals surface area contributed by atoms with Gasteiger partial charge in [0.1, 0.15) is 5.15 Å². The van der Waals surface area contributed by atoms with E-state index in [0.717, 1.165) is 11.3 Å². The molecule has 2 aromatic rings. The van der Waals surface area contributed by atoms with Gasteiger partial charge < -0.3 is 4.90 Å². The highest BCUT2D eigenvalue weighted by Gasteiger charge is 2.09. The van der Waals surface area contributed by atoms with E-state index < -0.39 is 0 Å². The van der Waals surface area contributed by atoms with Crippen LogP contribution in [0.3, 0.4) is 0 Å². The minimum atomic E-state index is 0.479. The van der Waals surface area contributed by atoms with E-state index in [1.165, 1.54) is 0 Å². The fourth-order valence-corrected chi connectivity index (χ4v) is 2.05. The molecular weight excluding hydrogens is 258 g/mol. The van der Waals surface area contributed by atoms with E-state index in [1.54, 1.807) is 6.20 Å². The van der Waals surface area contributed by atoms with Gasteiger partial charge in [0.2, 0.25) is 0 Å². The van der Waals surface area contributed by atoms with Crippen LogP contribution in [0.5, 0.6) is 0 Å². The van der Waals surface area contributed by atoms with Crippen molar-refractivity contribution in [3.63, 3.8) is 0 Å². The maximum absolute atomic E-state index is 8.77. The molecule has 19 heavy (non-hydrogen) atoms. The van der Waals surface area contributed by atoms with Gasteiger partial charge in [-0.3, -0.25) is 0 Å². The van der Waals surface area contributed by atoms with E-state index in [9.17, 15) is 0 Å². The molecule has 4 heteroatoms. The van der Waals surface area contributed by atoms with E-state index in [4.69, 9.17) is 16.9 Å². The van der Waals surface area contributed by atoms with Gasteiger partial charge in [0.05, 0.1) is 12.5 Å². The van der Waals surface area contributed by atoms with Gasteiger partial charge in [0, 0.05) is 30.5 Å². The van der Waals surface area contributed by atoms with Crippen LogP contribution in [0.25, 0.3) is 0 Å². The molecule has 0 saturated heterocycles. The quantitative estimate of drug-likeness (QED) is 0.779. The number of anilines is 1. The fraction of sp³-hybridized carbons (Fsp3) is 0.200. The minimum Gasteiger partial charge on any atom is -0.366 e. The lowest BCUT2D eigenvalue weighted by molar-refractivity contribution is 0.795. The molecule has 1 heterocycles. The lowest BCUT2D eigenvalue weighted by Gasteiger charge is -2.24. The summed E-state index contributed by atoms with van der Waals surface area (Å²) >= 11 is 6.09. The van der Waals surface area contributed by atoms with Crippen LogP contribution >= 0.6 is 11.6 Å². The molecule has 1 aromatic heterocycles. The van der Waals surface area contributed by atoms with Gasteiger partial charge in [-0.2, -0.15) is 5.26 Å². The zero-order valence-corrected chi connectivity index (χ0v) is 11.2. The van der Waals surface area contributed by atoms with Crippen molar-refractivity contribution in [2.24, 2.45) is 0 Å². The normalized spacial score (nSPS) is 9.89. The lowest BCUT2D eigenvalue weighted by Crippen LogP contribution is -2.23. The molecule has 0 atom stereocenters. The van der Waals surface area contributed by atoms with Crippen molar-refractivity contribution in [2.45, 2.75) is 13.0 Å². The molecule has 3 nitrogen and oxygen atoms in total. The standard InChI is InChI=1S/C15H14ClN3/c16-15-13(6-4-10-18-15)12-19(11-5-9-17)14-7-2-1-3-8-14/h1-4,6-8,10H,5,11-12H2. The molecular formula is C15H14ClN3. The molecule has 2 rings (SSSR count). The van der Waals surface area contributed by atoms with Crippen LogP contribution in [0, 0.1) is 11.3 Å². The first-order valence-corrected chi connectivity index (χ1v) is 6.45. The predicted molar refractivity (Wildman–Crippen MR) is 77.0 cm³/mol. The van der Waals surface area contributed by atoms with Gasteiger partial charge in [-0.1, -0.05) is 35.9 Å². The number of para-hydroxylation sites is 1. The average Bonchev–Trinajstić information content (AvgIpc) is 2.46.